The largest absolute Gasteiger partial charge is 0.467 e. The maximum absolute atomic E-state index is 13.0. The third-order valence-electron chi connectivity index (χ3n) is 4.79. The van der Waals surface area contributed by atoms with Crippen molar-refractivity contribution in [1.82, 2.24) is 15.2 Å². The standard InChI is InChI=1S/C22H24N4O3S/c1-14-7-9-15(10-8-14)16-12-17(18-6-5-11-28-18)26(25-16)19(27)13-30-21-24-23-20(29-21)22(2,3)4/h5-11,17H,12-13H2,1-4H3. The average Bonchev–Trinajstić information content (AvgIpc) is 3.46. The number of aryl methyl sites for hydroxylation is 1. The summed E-state index contributed by atoms with van der Waals surface area (Å²) >= 11 is 1.22. The molecule has 30 heavy (non-hydrogen) atoms. The van der Waals surface area contributed by atoms with Gasteiger partial charge < -0.3 is 8.83 Å². The Morgan fingerprint density at radius 2 is 1.97 bits per heavy atom. The zero-order chi connectivity index (χ0) is 21.3. The van der Waals surface area contributed by atoms with Crippen molar-refractivity contribution in [2.45, 2.75) is 50.8 Å². The first kappa shape index (κ1) is 20.4. The Balaban J connectivity index is 1.51. The minimum atomic E-state index is -0.266. The highest BCUT2D eigenvalue weighted by molar-refractivity contribution is 7.99. The molecule has 3 aromatic rings. The topological polar surface area (TPSA) is 84.7 Å². The number of hydrogen-bond donors (Lipinski definition) is 0. The van der Waals surface area contributed by atoms with Crippen molar-refractivity contribution in [1.29, 1.82) is 0 Å². The third-order valence-corrected chi connectivity index (χ3v) is 5.59. The predicted octanol–water partition coefficient (Wildman–Crippen LogP) is 4.74. The van der Waals surface area contributed by atoms with E-state index in [0.717, 1.165) is 11.3 Å². The summed E-state index contributed by atoms with van der Waals surface area (Å²) in [6.07, 6.45) is 2.21. The van der Waals surface area contributed by atoms with Crippen LogP contribution in [0.3, 0.4) is 0 Å². The third kappa shape index (κ3) is 4.33. The van der Waals surface area contributed by atoms with Crippen LogP contribution in [-0.2, 0) is 10.2 Å². The number of hydrogen-bond acceptors (Lipinski definition) is 7. The highest BCUT2D eigenvalue weighted by atomic mass is 32.2. The Bertz CT molecular complexity index is 1050. The lowest BCUT2D eigenvalue weighted by molar-refractivity contribution is -0.130. The molecule has 3 heterocycles. The molecule has 0 fully saturated rings. The Hall–Kier alpha value is -2.87. The molecular formula is C22H24N4O3S. The second kappa shape index (κ2) is 8.10. The summed E-state index contributed by atoms with van der Waals surface area (Å²) in [7, 11) is 0. The summed E-state index contributed by atoms with van der Waals surface area (Å²) in [5, 5.41) is 14.7. The number of amides is 1. The van der Waals surface area contributed by atoms with Gasteiger partial charge in [-0.05, 0) is 24.6 Å². The fourth-order valence-electron chi connectivity index (χ4n) is 3.12. The lowest BCUT2D eigenvalue weighted by Crippen LogP contribution is -2.28. The van der Waals surface area contributed by atoms with Gasteiger partial charge in [-0.25, -0.2) is 5.01 Å². The summed E-state index contributed by atoms with van der Waals surface area (Å²) in [6, 6.07) is 11.6. The van der Waals surface area contributed by atoms with Gasteiger partial charge in [0.25, 0.3) is 11.1 Å². The van der Waals surface area contributed by atoms with Gasteiger partial charge in [0.1, 0.15) is 11.8 Å². The van der Waals surface area contributed by atoms with Gasteiger partial charge in [-0.3, -0.25) is 4.79 Å². The molecule has 0 radical (unpaired) electrons. The molecule has 8 heteroatoms. The smallest absolute Gasteiger partial charge is 0.277 e. The molecule has 4 rings (SSSR count). The van der Waals surface area contributed by atoms with Gasteiger partial charge in [0.05, 0.1) is 17.7 Å². The van der Waals surface area contributed by atoms with Crippen molar-refractivity contribution in [3.8, 4) is 0 Å². The van der Waals surface area contributed by atoms with Crippen LogP contribution < -0.4 is 0 Å². The molecule has 7 nitrogen and oxygen atoms in total. The maximum atomic E-state index is 13.0. The van der Waals surface area contributed by atoms with Crippen molar-refractivity contribution in [2.24, 2.45) is 5.10 Å². The van der Waals surface area contributed by atoms with Gasteiger partial charge in [-0.2, -0.15) is 5.10 Å². The zero-order valence-electron chi connectivity index (χ0n) is 17.5. The van der Waals surface area contributed by atoms with E-state index in [1.165, 1.54) is 22.3 Å². The number of aromatic nitrogens is 2. The molecular weight excluding hydrogens is 400 g/mol. The van der Waals surface area contributed by atoms with Crippen LogP contribution in [0.25, 0.3) is 0 Å². The van der Waals surface area contributed by atoms with E-state index in [9.17, 15) is 4.79 Å². The Labute approximate surface area is 179 Å². The molecule has 0 spiro atoms. The number of thioether (sulfide) groups is 1. The van der Waals surface area contributed by atoms with E-state index in [2.05, 4.69) is 15.3 Å². The molecule has 1 atom stereocenters. The SMILES string of the molecule is Cc1ccc(C2=NN(C(=O)CSc3nnc(C(C)(C)C)o3)C(c3ccco3)C2)cc1. The normalized spacial score (nSPS) is 16.7. The molecule has 0 saturated carbocycles. The van der Waals surface area contributed by atoms with Crippen LogP contribution in [0.1, 0.15) is 56.0 Å². The van der Waals surface area contributed by atoms with Crippen molar-refractivity contribution >= 4 is 23.4 Å². The lowest BCUT2D eigenvalue weighted by atomic mass is 9.97. The second-order valence-corrected chi connectivity index (χ2v) is 9.22. The fraction of sp³-hybridized carbons (Fsp3) is 0.364. The van der Waals surface area contributed by atoms with E-state index < -0.39 is 0 Å². The molecule has 0 saturated heterocycles. The van der Waals surface area contributed by atoms with E-state index in [0.29, 0.717) is 23.3 Å². The van der Waals surface area contributed by atoms with Gasteiger partial charge in [-0.15, -0.1) is 10.2 Å². The molecule has 0 bridgehead atoms. The number of nitrogens with zero attached hydrogens (tertiary/aromatic N) is 4. The molecule has 1 aliphatic heterocycles. The fourth-order valence-corrected chi connectivity index (χ4v) is 3.74. The molecule has 2 aromatic heterocycles. The van der Waals surface area contributed by atoms with Crippen LogP contribution in [0.2, 0.25) is 0 Å². The van der Waals surface area contributed by atoms with Crippen LogP contribution in [0, 0.1) is 6.92 Å². The van der Waals surface area contributed by atoms with Crippen LogP contribution in [-0.4, -0.2) is 32.6 Å². The quantitative estimate of drug-likeness (QED) is 0.550. The summed E-state index contributed by atoms with van der Waals surface area (Å²) < 4.78 is 11.3. The van der Waals surface area contributed by atoms with Gasteiger partial charge in [-0.1, -0.05) is 62.4 Å². The number of furan rings is 1. The number of carbonyl (C=O) groups excluding carboxylic acids is 1. The average molecular weight is 425 g/mol. The van der Waals surface area contributed by atoms with Gasteiger partial charge in [0.15, 0.2) is 0 Å². The lowest BCUT2D eigenvalue weighted by Gasteiger charge is -2.19. The first-order valence-electron chi connectivity index (χ1n) is 9.78. The van der Waals surface area contributed by atoms with Crippen molar-refractivity contribution in [2.75, 3.05) is 5.75 Å². The van der Waals surface area contributed by atoms with Gasteiger partial charge in [0, 0.05) is 11.8 Å². The van der Waals surface area contributed by atoms with Gasteiger partial charge >= 0.3 is 0 Å². The van der Waals surface area contributed by atoms with Crippen molar-refractivity contribution < 1.29 is 13.6 Å². The minimum absolute atomic E-state index is 0.140. The second-order valence-electron chi connectivity index (χ2n) is 8.30. The first-order valence-corrected chi connectivity index (χ1v) is 10.8. The molecule has 1 aliphatic rings. The Morgan fingerprint density at radius 1 is 1.20 bits per heavy atom. The van der Waals surface area contributed by atoms with Crippen LogP contribution in [0.15, 0.2) is 61.8 Å². The minimum Gasteiger partial charge on any atom is -0.467 e. The highest BCUT2D eigenvalue weighted by Crippen LogP contribution is 2.34. The van der Waals surface area contributed by atoms with E-state index in [1.807, 2.05) is 64.1 Å². The van der Waals surface area contributed by atoms with Crippen LogP contribution in [0.5, 0.6) is 0 Å². The van der Waals surface area contributed by atoms with E-state index >= 15 is 0 Å². The summed E-state index contributed by atoms with van der Waals surface area (Å²) in [6.45, 7) is 8.04. The maximum Gasteiger partial charge on any atom is 0.277 e. The molecule has 0 N–H and O–H groups in total. The predicted molar refractivity (Wildman–Crippen MR) is 114 cm³/mol. The first-order chi connectivity index (χ1) is 14.3. The molecule has 1 amide bonds. The van der Waals surface area contributed by atoms with E-state index in [-0.39, 0.29) is 23.1 Å². The number of rotatable bonds is 5. The molecule has 156 valence electrons. The summed E-state index contributed by atoms with van der Waals surface area (Å²) in [4.78, 5) is 13.0. The monoisotopic (exact) mass is 424 g/mol. The van der Waals surface area contributed by atoms with Crippen LogP contribution in [0.4, 0.5) is 0 Å². The van der Waals surface area contributed by atoms with Crippen molar-refractivity contribution in [3.05, 3.63) is 65.4 Å². The Kier molecular flexibility index (Phi) is 5.51. The number of benzene rings is 1. The summed E-state index contributed by atoms with van der Waals surface area (Å²) in [5.74, 6) is 1.27. The van der Waals surface area contributed by atoms with E-state index in [4.69, 9.17) is 8.83 Å². The molecule has 1 aromatic carbocycles. The van der Waals surface area contributed by atoms with Crippen LogP contribution >= 0.6 is 11.8 Å². The number of carbonyl (C=O) groups is 1. The van der Waals surface area contributed by atoms with Crippen molar-refractivity contribution in [3.63, 3.8) is 0 Å². The summed E-state index contributed by atoms with van der Waals surface area (Å²) in [5.41, 5.74) is 2.82. The highest BCUT2D eigenvalue weighted by Gasteiger charge is 2.35. The molecule has 1 unspecified atom stereocenters. The number of hydrazone groups is 1. The molecule has 0 aliphatic carbocycles. The van der Waals surface area contributed by atoms with E-state index in [1.54, 1.807) is 6.26 Å². The van der Waals surface area contributed by atoms with Gasteiger partial charge in [0.2, 0.25) is 5.89 Å². The Morgan fingerprint density at radius 3 is 2.60 bits per heavy atom. The zero-order valence-corrected chi connectivity index (χ0v) is 18.3.